The van der Waals surface area contributed by atoms with Crippen molar-refractivity contribution in [2.45, 2.75) is 71.3 Å². The summed E-state index contributed by atoms with van der Waals surface area (Å²) in [5.41, 5.74) is 1.77. The van der Waals surface area contributed by atoms with Crippen LogP contribution >= 0.6 is 11.3 Å². The van der Waals surface area contributed by atoms with Crippen LogP contribution in [0, 0.1) is 11.3 Å². The number of thiazole rings is 1. The molecule has 0 bridgehead atoms. The molecule has 3 heteroatoms. The van der Waals surface area contributed by atoms with E-state index < -0.39 is 0 Å². The van der Waals surface area contributed by atoms with Gasteiger partial charge in [-0.3, -0.25) is 0 Å². The molecule has 1 heterocycles. The third kappa shape index (κ3) is 2.80. The van der Waals surface area contributed by atoms with Crippen LogP contribution in [0.3, 0.4) is 0 Å². The summed E-state index contributed by atoms with van der Waals surface area (Å²) in [6.07, 6.45) is 7.88. The van der Waals surface area contributed by atoms with Crippen LogP contribution in [0.4, 0.5) is 0 Å². The molecule has 3 atom stereocenters. The summed E-state index contributed by atoms with van der Waals surface area (Å²) in [6, 6.07) is 0.515. The van der Waals surface area contributed by atoms with Gasteiger partial charge in [-0.05, 0) is 44.1 Å². The lowest BCUT2D eigenvalue weighted by atomic mass is 9.76. The number of nitrogens with one attached hydrogen (secondary N) is 1. The maximum Gasteiger partial charge on any atom is 0.0962 e. The second-order valence-electron chi connectivity index (χ2n) is 7.72. The monoisotopic (exact) mass is 292 g/mol. The molecule has 2 nitrogen and oxygen atoms in total. The van der Waals surface area contributed by atoms with Gasteiger partial charge in [0, 0.05) is 16.8 Å². The third-order valence-electron chi connectivity index (χ3n) is 5.10. The summed E-state index contributed by atoms with van der Waals surface area (Å²) < 4.78 is 0. The van der Waals surface area contributed by atoms with Gasteiger partial charge in [0.05, 0.1) is 10.7 Å². The van der Waals surface area contributed by atoms with Crippen molar-refractivity contribution >= 4 is 11.3 Å². The molecular weight excluding hydrogens is 264 g/mol. The summed E-state index contributed by atoms with van der Waals surface area (Å²) in [6.45, 7) is 7.16. The first-order valence-corrected chi connectivity index (χ1v) is 8.97. The summed E-state index contributed by atoms with van der Waals surface area (Å²) in [5.74, 6) is 1.61. The van der Waals surface area contributed by atoms with Crippen LogP contribution in [0.2, 0.25) is 0 Å². The molecule has 0 aromatic carbocycles. The van der Waals surface area contributed by atoms with Crippen molar-refractivity contribution in [1.29, 1.82) is 0 Å². The summed E-state index contributed by atoms with van der Waals surface area (Å²) in [4.78, 5) is 6.61. The van der Waals surface area contributed by atoms with Gasteiger partial charge in [-0.25, -0.2) is 4.98 Å². The fourth-order valence-corrected chi connectivity index (χ4v) is 5.36. The Hall–Kier alpha value is -0.410. The van der Waals surface area contributed by atoms with E-state index in [1.165, 1.54) is 47.7 Å². The minimum Gasteiger partial charge on any atom is -0.312 e. The summed E-state index contributed by atoms with van der Waals surface area (Å²) >= 11 is 2.00. The zero-order chi connectivity index (χ0) is 14.3. The van der Waals surface area contributed by atoms with Crippen molar-refractivity contribution in [3.05, 3.63) is 15.6 Å². The summed E-state index contributed by atoms with van der Waals surface area (Å²) in [7, 11) is 2.10. The van der Waals surface area contributed by atoms with Gasteiger partial charge in [0.2, 0.25) is 0 Å². The highest BCUT2D eigenvalue weighted by Gasteiger charge is 2.35. The predicted molar refractivity (Wildman–Crippen MR) is 86.4 cm³/mol. The van der Waals surface area contributed by atoms with Crippen LogP contribution < -0.4 is 5.32 Å². The zero-order valence-electron chi connectivity index (χ0n) is 13.3. The first-order valence-electron chi connectivity index (χ1n) is 8.15. The molecule has 0 aliphatic heterocycles. The number of nitrogens with zero attached hydrogens (tertiary/aromatic N) is 1. The number of fused-ring (bicyclic) bond motifs is 1. The van der Waals surface area contributed by atoms with Gasteiger partial charge in [0.1, 0.15) is 0 Å². The lowest BCUT2D eigenvalue weighted by Crippen LogP contribution is -2.30. The number of hydrogen-bond donors (Lipinski definition) is 1. The molecule has 0 radical (unpaired) electrons. The Labute approximate surface area is 127 Å². The molecule has 1 fully saturated rings. The van der Waals surface area contributed by atoms with Crippen LogP contribution in [0.25, 0.3) is 0 Å². The van der Waals surface area contributed by atoms with E-state index in [0.29, 0.717) is 11.5 Å². The average molecular weight is 292 g/mol. The molecule has 1 saturated carbocycles. The average Bonchev–Trinajstić information content (AvgIpc) is 2.80. The largest absolute Gasteiger partial charge is 0.312 e. The van der Waals surface area contributed by atoms with Crippen molar-refractivity contribution in [3.63, 3.8) is 0 Å². The molecule has 3 unspecified atom stereocenters. The molecule has 20 heavy (non-hydrogen) atoms. The van der Waals surface area contributed by atoms with E-state index in [9.17, 15) is 0 Å². The fourth-order valence-electron chi connectivity index (χ4n) is 4.02. The molecule has 1 N–H and O–H groups in total. The van der Waals surface area contributed by atoms with Crippen LogP contribution in [-0.2, 0) is 6.42 Å². The topological polar surface area (TPSA) is 24.9 Å². The normalized spacial score (nSPS) is 32.9. The number of hydrogen-bond acceptors (Lipinski definition) is 3. The van der Waals surface area contributed by atoms with Crippen LogP contribution in [0.15, 0.2) is 0 Å². The van der Waals surface area contributed by atoms with Crippen molar-refractivity contribution in [3.8, 4) is 0 Å². The quantitative estimate of drug-likeness (QED) is 0.857. The molecular formula is C17H28N2S. The molecule has 3 rings (SSSR count). The van der Waals surface area contributed by atoms with Crippen LogP contribution in [0.1, 0.15) is 80.4 Å². The maximum absolute atomic E-state index is 5.08. The van der Waals surface area contributed by atoms with E-state index in [1.807, 2.05) is 11.3 Å². The molecule has 1 aromatic rings. The van der Waals surface area contributed by atoms with E-state index in [2.05, 4.69) is 33.1 Å². The van der Waals surface area contributed by atoms with E-state index >= 15 is 0 Å². The van der Waals surface area contributed by atoms with Crippen molar-refractivity contribution in [2.75, 3.05) is 7.05 Å². The molecule has 0 spiro atoms. The number of aromatic nitrogens is 1. The van der Waals surface area contributed by atoms with Gasteiger partial charge in [-0.15, -0.1) is 11.3 Å². The minimum atomic E-state index is 0.381. The van der Waals surface area contributed by atoms with E-state index in [1.54, 1.807) is 0 Å². The minimum absolute atomic E-state index is 0.381. The Morgan fingerprint density at radius 2 is 2.10 bits per heavy atom. The highest BCUT2D eigenvalue weighted by atomic mass is 32.1. The van der Waals surface area contributed by atoms with Gasteiger partial charge in [0.15, 0.2) is 0 Å². The van der Waals surface area contributed by atoms with Crippen LogP contribution in [0.5, 0.6) is 0 Å². The second kappa shape index (κ2) is 5.42. The van der Waals surface area contributed by atoms with Gasteiger partial charge < -0.3 is 5.32 Å². The van der Waals surface area contributed by atoms with E-state index in [4.69, 9.17) is 4.98 Å². The Morgan fingerprint density at radius 3 is 2.80 bits per heavy atom. The SMILES string of the molecule is CNC1CC(C)(C)Cc2nc(C3CCCC(C)C3)sc21. The Kier molecular flexibility index (Phi) is 3.93. The molecule has 2 aliphatic rings. The lowest BCUT2D eigenvalue weighted by molar-refractivity contribution is 0.264. The maximum atomic E-state index is 5.08. The van der Waals surface area contributed by atoms with Crippen molar-refractivity contribution in [2.24, 2.45) is 11.3 Å². The van der Waals surface area contributed by atoms with Gasteiger partial charge in [0.25, 0.3) is 0 Å². The second-order valence-corrected chi connectivity index (χ2v) is 8.78. The van der Waals surface area contributed by atoms with E-state index in [-0.39, 0.29) is 0 Å². The van der Waals surface area contributed by atoms with Crippen molar-refractivity contribution in [1.82, 2.24) is 10.3 Å². The Bertz CT molecular complexity index is 477. The molecule has 1 aromatic heterocycles. The Balaban J connectivity index is 1.87. The van der Waals surface area contributed by atoms with Crippen LogP contribution in [-0.4, -0.2) is 12.0 Å². The highest BCUT2D eigenvalue weighted by molar-refractivity contribution is 7.12. The Morgan fingerprint density at radius 1 is 1.30 bits per heavy atom. The standard InChI is InChI=1S/C17H28N2S/c1-11-6-5-7-12(8-11)16-19-14-10-17(2,3)9-13(18-4)15(14)20-16/h11-13,18H,5-10H2,1-4H3. The van der Waals surface area contributed by atoms with Gasteiger partial charge >= 0.3 is 0 Å². The van der Waals surface area contributed by atoms with Crippen molar-refractivity contribution < 1.29 is 0 Å². The first kappa shape index (κ1) is 14.5. The molecule has 0 saturated heterocycles. The fraction of sp³-hybridized carbons (Fsp3) is 0.824. The lowest BCUT2D eigenvalue weighted by Gasteiger charge is -2.34. The van der Waals surface area contributed by atoms with Gasteiger partial charge in [-0.2, -0.15) is 0 Å². The van der Waals surface area contributed by atoms with Gasteiger partial charge in [-0.1, -0.05) is 33.6 Å². The molecule has 112 valence electrons. The zero-order valence-corrected chi connectivity index (χ0v) is 14.1. The smallest absolute Gasteiger partial charge is 0.0962 e. The highest BCUT2D eigenvalue weighted by Crippen LogP contribution is 2.46. The van der Waals surface area contributed by atoms with E-state index in [0.717, 1.165) is 18.3 Å². The third-order valence-corrected chi connectivity index (χ3v) is 6.47. The predicted octanol–water partition coefficient (Wildman–Crippen LogP) is 4.67. The first-order chi connectivity index (χ1) is 9.48. The molecule has 0 amide bonds. The summed E-state index contributed by atoms with van der Waals surface area (Å²) in [5, 5.41) is 4.94. The molecule has 2 aliphatic carbocycles. The number of rotatable bonds is 2.